The Balaban J connectivity index is 2.02. The number of hydrogen-bond donors (Lipinski definition) is 1. The SMILES string of the molecule is Cc1cc(OCC2CO2)c(C)cc1NC(=O)OC(C)(C)C. The molecule has 1 unspecified atom stereocenters. The molecular formula is C16H23NO4. The van der Waals surface area contributed by atoms with Crippen LogP contribution < -0.4 is 10.1 Å². The average molecular weight is 293 g/mol. The van der Waals surface area contributed by atoms with Gasteiger partial charge in [-0.25, -0.2) is 4.79 Å². The van der Waals surface area contributed by atoms with Gasteiger partial charge in [0.05, 0.1) is 6.61 Å². The summed E-state index contributed by atoms with van der Waals surface area (Å²) in [6.45, 7) is 10.7. The molecule has 1 atom stereocenters. The van der Waals surface area contributed by atoms with Gasteiger partial charge in [-0.1, -0.05) is 0 Å². The predicted molar refractivity (Wildman–Crippen MR) is 81.0 cm³/mol. The number of carbonyl (C=O) groups excluding carboxylic acids is 1. The molecule has 1 saturated heterocycles. The minimum absolute atomic E-state index is 0.226. The van der Waals surface area contributed by atoms with Crippen molar-refractivity contribution in [3.63, 3.8) is 0 Å². The monoisotopic (exact) mass is 293 g/mol. The van der Waals surface area contributed by atoms with Crippen molar-refractivity contribution in [3.8, 4) is 5.75 Å². The molecule has 1 aromatic carbocycles. The first-order chi connectivity index (χ1) is 9.74. The van der Waals surface area contributed by atoms with Crippen LogP contribution in [0.4, 0.5) is 10.5 Å². The number of anilines is 1. The Bertz CT molecular complexity index is 530. The summed E-state index contributed by atoms with van der Waals surface area (Å²) in [6, 6.07) is 3.81. The second-order valence-corrected chi connectivity index (χ2v) is 6.33. The highest BCUT2D eigenvalue weighted by atomic mass is 16.6. The zero-order valence-corrected chi connectivity index (χ0v) is 13.3. The lowest BCUT2D eigenvalue weighted by atomic mass is 10.1. The molecule has 2 rings (SSSR count). The van der Waals surface area contributed by atoms with E-state index in [2.05, 4.69) is 5.32 Å². The Labute approximate surface area is 125 Å². The first-order valence-corrected chi connectivity index (χ1v) is 7.10. The number of epoxide rings is 1. The van der Waals surface area contributed by atoms with Crippen molar-refractivity contribution < 1.29 is 19.0 Å². The number of amides is 1. The number of nitrogens with one attached hydrogen (secondary N) is 1. The molecule has 116 valence electrons. The van der Waals surface area contributed by atoms with Crippen LogP contribution in [-0.2, 0) is 9.47 Å². The van der Waals surface area contributed by atoms with Gasteiger partial charge in [-0.05, 0) is 57.9 Å². The Hall–Kier alpha value is -1.75. The van der Waals surface area contributed by atoms with Crippen LogP contribution in [0.2, 0.25) is 0 Å². The molecule has 1 fully saturated rings. The molecule has 1 amide bonds. The smallest absolute Gasteiger partial charge is 0.412 e. The Morgan fingerprint density at radius 1 is 1.33 bits per heavy atom. The maximum atomic E-state index is 11.8. The fourth-order valence-corrected chi connectivity index (χ4v) is 1.84. The number of carbonyl (C=O) groups is 1. The molecule has 0 radical (unpaired) electrons. The van der Waals surface area contributed by atoms with Gasteiger partial charge < -0.3 is 14.2 Å². The van der Waals surface area contributed by atoms with Gasteiger partial charge in [0.15, 0.2) is 0 Å². The Morgan fingerprint density at radius 3 is 2.57 bits per heavy atom. The van der Waals surface area contributed by atoms with E-state index in [4.69, 9.17) is 14.2 Å². The summed E-state index contributed by atoms with van der Waals surface area (Å²) < 4.78 is 16.1. The predicted octanol–water partition coefficient (Wildman–Crippen LogP) is 3.43. The van der Waals surface area contributed by atoms with Crippen LogP contribution >= 0.6 is 0 Å². The van der Waals surface area contributed by atoms with E-state index >= 15 is 0 Å². The van der Waals surface area contributed by atoms with Crippen molar-refractivity contribution in [2.24, 2.45) is 0 Å². The van der Waals surface area contributed by atoms with Crippen LogP contribution in [0.1, 0.15) is 31.9 Å². The summed E-state index contributed by atoms with van der Waals surface area (Å²) >= 11 is 0. The van der Waals surface area contributed by atoms with Crippen LogP contribution in [-0.4, -0.2) is 31.0 Å². The Morgan fingerprint density at radius 2 is 2.00 bits per heavy atom. The lowest BCUT2D eigenvalue weighted by Gasteiger charge is -2.20. The molecule has 0 spiro atoms. The first kappa shape index (κ1) is 15.6. The molecular weight excluding hydrogens is 270 g/mol. The van der Waals surface area contributed by atoms with Crippen LogP contribution in [0.5, 0.6) is 5.75 Å². The third kappa shape index (κ3) is 4.93. The molecule has 1 N–H and O–H groups in total. The van der Waals surface area contributed by atoms with Crippen LogP contribution in [0, 0.1) is 13.8 Å². The quantitative estimate of drug-likeness (QED) is 0.864. The molecule has 1 aromatic rings. The molecule has 1 aliphatic heterocycles. The Kier molecular flexibility index (Phi) is 4.42. The normalized spacial score (nSPS) is 17.3. The zero-order chi connectivity index (χ0) is 15.6. The number of benzene rings is 1. The topological polar surface area (TPSA) is 60.1 Å². The third-order valence-electron chi connectivity index (χ3n) is 2.98. The first-order valence-electron chi connectivity index (χ1n) is 7.10. The van der Waals surface area contributed by atoms with E-state index in [0.29, 0.717) is 6.61 Å². The maximum absolute atomic E-state index is 11.8. The van der Waals surface area contributed by atoms with Crippen molar-refractivity contribution in [1.29, 1.82) is 0 Å². The fourth-order valence-electron chi connectivity index (χ4n) is 1.84. The van der Waals surface area contributed by atoms with Gasteiger partial charge in [0.2, 0.25) is 0 Å². The molecule has 0 bridgehead atoms. The minimum atomic E-state index is -0.514. The lowest BCUT2D eigenvalue weighted by Crippen LogP contribution is -2.27. The lowest BCUT2D eigenvalue weighted by molar-refractivity contribution is 0.0636. The fraction of sp³-hybridized carbons (Fsp3) is 0.562. The summed E-state index contributed by atoms with van der Waals surface area (Å²) in [4.78, 5) is 11.8. The number of rotatable bonds is 4. The average Bonchev–Trinajstić information content (AvgIpc) is 3.13. The van der Waals surface area contributed by atoms with Crippen molar-refractivity contribution in [3.05, 3.63) is 23.3 Å². The highest BCUT2D eigenvalue weighted by molar-refractivity contribution is 5.86. The second kappa shape index (κ2) is 5.93. The minimum Gasteiger partial charge on any atom is -0.491 e. The zero-order valence-electron chi connectivity index (χ0n) is 13.3. The standard InChI is InChI=1S/C16H23NO4/c1-10-7-14(20-9-12-8-19-12)11(2)6-13(10)17-15(18)21-16(3,4)5/h6-7,12H,8-9H2,1-5H3,(H,17,18). The molecule has 21 heavy (non-hydrogen) atoms. The molecule has 0 saturated carbocycles. The van der Waals surface area contributed by atoms with E-state index in [1.807, 2.05) is 46.8 Å². The largest absolute Gasteiger partial charge is 0.491 e. The van der Waals surface area contributed by atoms with E-state index in [1.54, 1.807) is 0 Å². The molecule has 5 nitrogen and oxygen atoms in total. The summed E-state index contributed by atoms with van der Waals surface area (Å²) in [5, 5.41) is 2.77. The summed E-state index contributed by atoms with van der Waals surface area (Å²) in [5.74, 6) is 0.817. The van der Waals surface area contributed by atoms with Crippen molar-refractivity contribution in [1.82, 2.24) is 0 Å². The summed E-state index contributed by atoms with van der Waals surface area (Å²) in [5.41, 5.74) is 2.11. The van der Waals surface area contributed by atoms with E-state index in [9.17, 15) is 4.79 Å². The van der Waals surface area contributed by atoms with Crippen molar-refractivity contribution in [2.45, 2.75) is 46.3 Å². The van der Waals surface area contributed by atoms with E-state index in [1.165, 1.54) is 0 Å². The highest BCUT2D eigenvalue weighted by Gasteiger charge is 2.23. The van der Waals surface area contributed by atoms with E-state index < -0.39 is 11.7 Å². The summed E-state index contributed by atoms with van der Waals surface area (Å²) in [6.07, 6.45) is -0.227. The summed E-state index contributed by atoms with van der Waals surface area (Å²) in [7, 11) is 0. The number of aryl methyl sites for hydroxylation is 2. The third-order valence-corrected chi connectivity index (χ3v) is 2.98. The molecule has 1 heterocycles. The molecule has 1 aliphatic rings. The van der Waals surface area contributed by atoms with Gasteiger partial charge in [0, 0.05) is 5.69 Å². The molecule has 0 aromatic heterocycles. The van der Waals surface area contributed by atoms with E-state index in [0.717, 1.165) is 29.2 Å². The van der Waals surface area contributed by atoms with Crippen LogP contribution in [0.15, 0.2) is 12.1 Å². The second-order valence-electron chi connectivity index (χ2n) is 6.33. The van der Waals surface area contributed by atoms with E-state index in [-0.39, 0.29) is 6.10 Å². The maximum Gasteiger partial charge on any atom is 0.412 e. The van der Waals surface area contributed by atoms with Crippen LogP contribution in [0.25, 0.3) is 0 Å². The van der Waals surface area contributed by atoms with Crippen molar-refractivity contribution in [2.75, 3.05) is 18.5 Å². The van der Waals surface area contributed by atoms with Gasteiger partial charge in [0.25, 0.3) is 0 Å². The van der Waals surface area contributed by atoms with Crippen LogP contribution in [0.3, 0.4) is 0 Å². The number of ether oxygens (including phenoxy) is 3. The van der Waals surface area contributed by atoms with Gasteiger partial charge in [-0.3, -0.25) is 5.32 Å². The van der Waals surface area contributed by atoms with Gasteiger partial charge >= 0.3 is 6.09 Å². The highest BCUT2D eigenvalue weighted by Crippen LogP contribution is 2.27. The molecule has 5 heteroatoms. The van der Waals surface area contributed by atoms with Gasteiger partial charge in [0.1, 0.15) is 24.1 Å². The number of hydrogen-bond acceptors (Lipinski definition) is 4. The van der Waals surface area contributed by atoms with Gasteiger partial charge in [-0.15, -0.1) is 0 Å². The van der Waals surface area contributed by atoms with Gasteiger partial charge in [-0.2, -0.15) is 0 Å². The van der Waals surface area contributed by atoms with Crippen molar-refractivity contribution >= 4 is 11.8 Å². The molecule has 0 aliphatic carbocycles.